The maximum Gasteiger partial charge on any atom is 0.326 e. The Bertz CT molecular complexity index is 607. The average molecular weight is 467 g/mol. The zero-order chi connectivity index (χ0) is 23.1. The molecule has 0 radical (unpaired) electrons. The van der Waals surface area contributed by atoms with Crippen LogP contribution in [0.1, 0.15) is 25.7 Å². The first-order valence-electron chi connectivity index (χ1n) is 9.17. The molecule has 3 amide bonds. The first kappa shape index (κ1) is 28.0. The predicted octanol–water partition coefficient (Wildman–Crippen LogP) is -1.14. The summed E-state index contributed by atoms with van der Waals surface area (Å²) in [5, 5.41) is 25.0. The van der Waals surface area contributed by atoms with Crippen molar-refractivity contribution in [3.05, 3.63) is 0 Å². The van der Waals surface area contributed by atoms with Crippen LogP contribution in [0.2, 0.25) is 0 Å². The van der Waals surface area contributed by atoms with Gasteiger partial charge in [-0.25, -0.2) is 4.79 Å². The third kappa shape index (κ3) is 12.5. The molecule has 3 unspecified atom stereocenters. The minimum atomic E-state index is -1.16. The quantitative estimate of drug-likeness (QED) is 0.162. The third-order valence-corrected chi connectivity index (χ3v) is 5.20. The highest BCUT2D eigenvalue weighted by molar-refractivity contribution is 7.98. The molecule has 0 aromatic carbocycles. The van der Waals surface area contributed by atoms with Crippen LogP contribution in [0.4, 0.5) is 0 Å². The van der Waals surface area contributed by atoms with Crippen LogP contribution in [0.5, 0.6) is 0 Å². The number of aliphatic carboxylic acids is 2. The van der Waals surface area contributed by atoms with Gasteiger partial charge in [-0.3, -0.25) is 19.2 Å². The summed E-state index contributed by atoms with van der Waals surface area (Å²) < 4.78 is 0. The highest BCUT2D eigenvalue weighted by Gasteiger charge is 2.25. The Hall–Kier alpha value is -1.99. The fourth-order valence-electron chi connectivity index (χ4n) is 2.22. The number of nitrogens with two attached hydrogens (primary N) is 1. The van der Waals surface area contributed by atoms with E-state index in [-0.39, 0.29) is 25.7 Å². The van der Waals surface area contributed by atoms with E-state index < -0.39 is 54.3 Å². The van der Waals surface area contributed by atoms with Crippen LogP contribution in [0.25, 0.3) is 0 Å². The highest BCUT2D eigenvalue weighted by Crippen LogP contribution is 2.04. The van der Waals surface area contributed by atoms with E-state index in [1.807, 2.05) is 12.5 Å². The fraction of sp³-hybridized carbons (Fsp3) is 0.706. The second kappa shape index (κ2) is 15.8. The summed E-state index contributed by atoms with van der Waals surface area (Å²) in [7, 11) is 0. The summed E-state index contributed by atoms with van der Waals surface area (Å²) in [5.74, 6) is -3.09. The van der Waals surface area contributed by atoms with E-state index in [1.165, 1.54) is 23.5 Å². The summed E-state index contributed by atoms with van der Waals surface area (Å²) >= 11 is 2.90. The Morgan fingerprint density at radius 1 is 0.867 bits per heavy atom. The average Bonchev–Trinajstić information content (AvgIpc) is 2.69. The summed E-state index contributed by atoms with van der Waals surface area (Å²) in [5.41, 5.74) is 5.65. The van der Waals surface area contributed by atoms with Crippen molar-refractivity contribution >= 4 is 53.2 Å². The number of nitrogens with one attached hydrogen (secondary N) is 3. The summed E-state index contributed by atoms with van der Waals surface area (Å²) in [6.07, 6.45) is 3.81. The number of hydrogen-bond acceptors (Lipinski definition) is 8. The molecule has 0 aliphatic rings. The van der Waals surface area contributed by atoms with Crippen molar-refractivity contribution in [1.82, 2.24) is 16.0 Å². The number of carboxylic acid groups (broad SMARTS) is 2. The topological polar surface area (TPSA) is 188 Å². The van der Waals surface area contributed by atoms with Gasteiger partial charge in [0.1, 0.15) is 12.1 Å². The highest BCUT2D eigenvalue weighted by atomic mass is 32.2. The van der Waals surface area contributed by atoms with Gasteiger partial charge in [-0.05, 0) is 43.3 Å². The van der Waals surface area contributed by atoms with E-state index in [0.717, 1.165) is 0 Å². The Balaban J connectivity index is 4.74. The lowest BCUT2D eigenvalue weighted by atomic mass is 10.1. The van der Waals surface area contributed by atoms with Gasteiger partial charge in [-0.1, -0.05) is 0 Å². The minimum Gasteiger partial charge on any atom is -0.481 e. The first-order chi connectivity index (χ1) is 14.1. The number of amides is 3. The zero-order valence-electron chi connectivity index (χ0n) is 17.0. The summed E-state index contributed by atoms with van der Waals surface area (Å²) in [6, 6.07) is -3.09. The van der Waals surface area contributed by atoms with Crippen LogP contribution in [0, 0.1) is 0 Å². The fourth-order valence-corrected chi connectivity index (χ4v) is 3.17. The standard InChI is InChI=1S/C17H30N4O7S2/c1-29-7-5-11(21-15(25)10(18)3-4-14(23)24)16(26)19-9-13(22)20-12(17(27)28)6-8-30-2/h10-12H,3-9,18H2,1-2H3,(H,19,26)(H,20,22)(H,21,25)(H,23,24)(H,27,28). The van der Waals surface area contributed by atoms with Crippen molar-refractivity contribution in [2.75, 3.05) is 30.6 Å². The van der Waals surface area contributed by atoms with E-state index in [9.17, 15) is 24.0 Å². The molecule has 0 heterocycles. The van der Waals surface area contributed by atoms with Crippen molar-refractivity contribution in [2.24, 2.45) is 5.73 Å². The molecule has 0 aliphatic heterocycles. The molecular formula is C17H30N4O7S2. The van der Waals surface area contributed by atoms with Gasteiger partial charge >= 0.3 is 11.9 Å². The summed E-state index contributed by atoms with van der Waals surface area (Å²) in [6.45, 7) is -0.446. The molecule has 0 aromatic heterocycles. The van der Waals surface area contributed by atoms with Gasteiger partial charge < -0.3 is 31.9 Å². The van der Waals surface area contributed by atoms with Crippen molar-refractivity contribution in [2.45, 2.75) is 43.8 Å². The molecule has 0 spiro atoms. The van der Waals surface area contributed by atoms with Crippen molar-refractivity contribution in [3.63, 3.8) is 0 Å². The lowest BCUT2D eigenvalue weighted by Gasteiger charge is -2.20. The molecule has 0 aromatic rings. The molecular weight excluding hydrogens is 436 g/mol. The largest absolute Gasteiger partial charge is 0.481 e. The van der Waals surface area contributed by atoms with Crippen LogP contribution in [-0.4, -0.2) is 88.6 Å². The van der Waals surface area contributed by atoms with Crippen molar-refractivity contribution in [1.29, 1.82) is 0 Å². The molecule has 0 saturated carbocycles. The maximum absolute atomic E-state index is 12.4. The van der Waals surface area contributed by atoms with Gasteiger partial charge in [0.2, 0.25) is 17.7 Å². The lowest BCUT2D eigenvalue weighted by molar-refractivity contribution is -0.142. The molecule has 30 heavy (non-hydrogen) atoms. The Labute approximate surface area is 183 Å². The molecule has 0 bridgehead atoms. The molecule has 11 nitrogen and oxygen atoms in total. The van der Waals surface area contributed by atoms with E-state index in [4.69, 9.17) is 15.9 Å². The van der Waals surface area contributed by atoms with Crippen LogP contribution >= 0.6 is 23.5 Å². The SMILES string of the molecule is CSCCC(NC(=O)CNC(=O)C(CCSC)NC(=O)C(N)CCC(=O)O)C(=O)O. The monoisotopic (exact) mass is 466 g/mol. The van der Waals surface area contributed by atoms with Gasteiger partial charge in [0.25, 0.3) is 0 Å². The second-order valence-corrected chi connectivity index (χ2v) is 8.31. The van der Waals surface area contributed by atoms with E-state index in [2.05, 4.69) is 16.0 Å². The van der Waals surface area contributed by atoms with E-state index >= 15 is 0 Å². The molecule has 0 fully saturated rings. The van der Waals surface area contributed by atoms with E-state index in [0.29, 0.717) is 11.5 Å². The Kier molecular flexibility index (Phi) is 14.7. The summed E-state index contributed by atoms with van der Waals surface area (Å²) in [4.78, 5) is 58.3. The molecule has 172 valence electrons. The number of carbonyl (C=O) groups is 5. The van der Waals surface area contributed by atoms with Crippen molar-refractivity contribution < 1.29 is 34.2 Å². The van der Waals surface area contributed by atoms with Gasteiger partial charge in [-0.15, -0.1) is 0 Å². The van der Waals surface area contributed by atoms with Crippen LogP contribution in [-0.2, 0) is 24.0 Å². The van der Waals surface area contributed by atoms with Gasteiger partial charge in [0, 0.05) is 6.42 Å². The second-order valence-electron chi connectivity index (χ2n) is 6.34. The van der Waals surface area contributed by atoms with Crippen molar-refractivity contribution in [3.8, 4) is 0 Å². The van der Waals surface area contributed by atoms with Crippen LogP contribution in [0.15, 0.2) is 0 Å². The van der Waals surface area contributed by atoms with Crippen LogP contribution in [0.3, 0.4) is 0 Å². The number of thioether (sulfide) groups is 2. The number of carboxylic acids is 2. The lowest BCUT2D eigenvalue weighted by Crippen LogP contribution is -2.53. The van der Waals surface area contributed by atoms with Gasteiger partial charge in [0.15, 0.2) is 0 Å². The molecule has 7 N–H and O–H groups in total. The molecule has 13 heteroatoms. The van der Waals surface area contributed by atoms with Gasteiger partial charge in [0.05, 0.1) is 12.6 Å². The number of hydrogen-bond donors (Lipinski definition) is 6. The minimum absolute atomic E-state index is 0.0763. The predicted molar refractivity (Wildman–Crippen MR) is 115 cm³/mol. The first-order valence-corrected chi connectivity index (χ1v) is 12.0. The van der Waals surface area contributed by atoms with Crippen LogP contribution < -0.4 is 21.7 Å². The normalized spacial score (nSPS) is 13.6. The molecule has 0 saturated heterocycles. The Morgan fingerprint density at radius 3 is 1.93 bits per heavy atom. The maximum atomic E-state index is 12.4. The molecule has 0 aliphatic carbocycles. The molecule has 3 atom stereocenters. The third-order valence-electron chi connectivity index (χ3n) is 3.92. The number of carbonyl (C=O) groups excluding carboxylic acids is 3. The molecule has 0 rings (SSSR count). The Morgan fingerprint density at radius 2 is 1.43 bits per heavy atom. The number of rotatable bonds is 16. The van der Waals surface area contributed by atoms with Gasteiger partial charge in [-0.2, -0.15) is 23.5 Å². The van der Waals surface area contributed by atoms with E-state index in [1.54, 1.807) is 0 Å². The smallest absolute Gasteiger partial charge is 0.326 e. The zero-order valence-corrected chi connectivity index (χ0v) is 18.6.